The number of aryl methyl sites for hydroxylation is 1. The summed E-state index contributed by atoms with van der Waals surface area (Å²) in [6.07, 6.45) is 2.71. The number of hydrogen-bond donors (Lipinski definition) is 1. The first kappa shape index (κ1) is 20.0. The highest BCUT2D eigenvalue weighted by Crippen LogP contribution is 2.33. The number of allylic oxidation sites excluding steroid dienone is 1. The Balaban J connectivity index is 1.60. The van der Waals surface area contributed by atoms with Gasteiger partial charge in [-0.15, -0.1) is 11.6 Å². The van der Waals surface area contributed by atoms with Crippen LogP contribution in [0, 0.1) is 0 Å². The number of hydrogen-bond acceptors (Lipinski definition) is 1. The van der Waals surface area contributed by atoms with Crippen LogP contribution in [0.15, 0.2) is 48.5 Å². The third-order valence-corrected chi connectivity index (χ3v) is 5.46. The molecule has 0 amide bonds. The normalized spacial score (nSPS) is 16.0. The smallest absolute Gasteiger partial charge is 0.310 e. The molecular formula is C22H23ClF3N. The lowest BCUT2D eigenvalue weighted by molar-refractivity contribution is -0.137. The fourth-order valence-electron chi connectivity index (χ4n) is 3.48. The minimum Gasteiger partial charge on any atom is -0.310 e. The Bertz CT molecular complexity index is 813. The van der Waals surface area contributed by atoms with Crippen molar-refractivity contribution >= 4 is 17.7 Å². The van der Waals surface area contributed by atoms with Crippen molar-refractivity contribution in [3.63, 3.8) is 0 Å². The van der Waals surface area contributed by atoms with Crippen molar-refractivity contribution < 1.29 is 13.2 Å². The molecule has 0 aromatic heterocycles. The van der Waals surface area contributed by atoms with E-state index in [-0.39, 0.29) is 6.04 Å². The summed E-state index contributed by atoms with van der Waals surface area (Å²) in [4.78, 5) is 0. The van der Waals surface area contributed by atoms with Crippen LogP contribution in [0.25, 0.3) is 6.08 Å². The largest absolute Gasteiger partial charge is 0.416 e. The molecule has 1 nitrogen and oxygen atoms in total. The topological polar surface area (TPSA) is 12.0 Å². The van der Waals surface area contributed by atoms with Crippen LogP contribution in [0.4, 0.5) is 13.2 Å². The van der Waals surface area contributed by atoms with E-state index in [0.29, 0.717) is 18.5 Å². The lowest BCUT2D eigenvalue weighted by Crippen LogP contribution is -2.22. The molecule has 0 bridgehead atoms. The lowest BCUT2D eigenvalue weighted by atomic mass is 9.90. The number of benzene rings is 2. The Morgan fingerprint density at radius 1 is 1.15 bits per heavy atom. The van der Waals surface area contributed by atoms with Gasteiger partial charge in [-0.25, -0.2) is 0 Å². The van der Waals surface area contributed by atoms with Gasteiger partial charge in [0, 0.05) is 6.04 Å². The van der Waals surface area contributed by atoms with E-state index >= 15 is 0 Å². The number of halogens is 4. The first-order valence-corrected chi connectivity index (χ1v) is 9.63. The van der Waals surface area contributed by atoms with Gasteiger partial charge in [0.15, 0.2) is 0 Å². The zero-order chi connectivity index (χ0) is 19.4. The van der Waals surface area contributed by atoms with Crippen molar-refractivity contribution in [1.29, 1.82) is 0 Å². The summed E-state index contributed by atoms with van der Waals surface area (Å²) < 4.78 is 38.6. The summed E-state index contributed by atoms with van der Waals surface area (Å²) in [5, 5.41) is 2.99. The third kappa shape index (κ3) is 4.94. The molecule has 0 saturated carbocycles. The minimum absolute atomic E-state index is 0.146. The van der Waals surface area contributed by atoms with Crippen LogP contribution >= 0.6 is 11.6 Å². The summed E-state index contributed by atoms with van der Waals surface area (Å²) in [5.41, 5.74) is 3.73. The van der Waals surface area contributed by atoms with Crippen LogP contribution in [-0.4, -0.2) is 6.54 Å². The van der Waals surface area contributed by atoms with Crippen LogP contribution in [0.5, 0.6) is 0 Å². The number of fused-ring (bicyclic) bond motifs is 1. The van der Waals surface area contributed by atoms with Gasteiger partial charge in [0.25, 0.3) is 0 Å². The van der Waals surface area contributed by atoms with Gasteiger partial charge < -0.3 is 5.32 Å². The highest BCUT2D eigenvalue weighted by molar-refractivity contribution is 6.20. The molecule has 1 N–H and O–H groups in total. The summed E-state index contributed by atoms with van der Waals surface area (Å²) in [6, 6.07) is 11.8. The summed E-state index contributed by atoms with van der Waals surface area (Å²) in [7, 11) is 0. The van der Waals surface area contributed by atoms with Crippen molar-refractivity contribution in [2.45, 2.75) is 43.8 Å². The maximum atomic E-state index is 12.9. The molecular weight excluding hydrogens is 371 g/mol. The molecule has 0 heterocycles. The minimum atomic E-state index is -4.35. The molecule has 0 aliphatic heterocycles. The zero-order valence-electron chi connectivity index (χ0n) is 15.2. The average molecular weight is 394 g/mol. The highest BCUT2D eigenvalue weighted by Gasteiger charge is 2.30. The van der Waals surface area contributed by atoms with Gasteiger partial charge in [0.05, 0.1) is 10.9 Å². The first-order chi connectivity index (χ1) is 12.9. The fourth-order valence-corrected chi connectivity index (χ4v) is 3.73. The van der Waals surface area contributed by atoms with Crippen molar-refractivity contribution in [3.8, 4) is 0 Å². The Morgan fingerprint density at radius 3 is 2.70 bits per heavy atom. The van der Waals surface area contributed by atoms with Crippen molar-refractivity contribution in [2.75, 3.05) is 6.54 Å². The molecule has 27 heavy (non-hydrogen) atoms. The summed E-state index contributed by atoms with van der Waals surface area (Å²) in [6.45, 7) is 2.73. The van der Waals surface area contributed by atoms with E-state index in [1.807, 2.05) is 0 Å². The standard InChI is InChI=1S/C22H23ClF3N/c1-15(19-11-5-7-16-6-2-3-10-20(16)19)27-13-12-21(23)17-8-4-9-18(14-17)22(24,25)26/h3-5,7-11,14-15,21,27H,2,6,12-13H2,1H3/t15-,21?/m1/s1. The number of rotatable bonds is 6. The summed E-state index contributed by atoms with van der Waals surface area (Å²) in [5.74, 6) is 0. The van der Waals surface area contributed by atoms with Gasteiger partial charge in [-0.2, -0.15) is 13.2 Å². The van der Waals surface area contributed by atoms with Gasteiger partial charge in [-0.3, -0.25) is 0 Å². The predicted molar refractivity (Wildman–Crippen MR) is 105 cm³/mol. The van der Waals surface area contributed by atoms with E-state index in [1.54, 1.807) is 6.07 Å². The van der Waals surface area contributed by atoms with Crippen LogP contribution in [0.1, 0.15) is 59.0 Å². The maximum Gasteiger partial charge on any atom is 0.416 e. The van der Waals surface area contributed by atoms with Crippen LogP contribution in [0.2, 0.25) is 0 Å². The molecule has 0 radical (unpaired) electrons. The van der Waals surface area contributed by atoms with Gasteiger partial charge in [-0.1, -0.05) is 48.6 Å². The van der Waals surface area contributed by atoms with Crippen LogP contribution in [0.3, 0.4) is 0 Å². The second kappa shape index (κ2) is 8.49. The van der Waals surface area contributed by atoms with Crippen molar-refractivity contribution in [1.82, 2.24) is 5.32 Å². The molecule has 2 aromatic carbocycles. The van der Waals surface area contributed by atoms with Gasteiger partial charge >= 0.3 is 6.18 Å². The molecule has 0 spiro atoms. The summed E-state index contributed by atoms with van der Waals surface area (Å²) >= 11 is 6.35. The van der Waals surface area contributed by atoms with Gasteiger partial charge in [0.2, 0.25) is 0 Å². The van der Waals surface area contributed by atoms with E-state index in [2.05, 4.69) is 42.6 Å². The molecule has 1 aliphatic rings. The third-order valence-electron chi connectivity index (χ3n) is 4.99. The molecule has 0 fully saturated rings. The van der Waals surface area contributed by atoms with E-state index < -0.39 is 17.1 Å². The predicted octanol–water partition coefficient (Wildman–Crippen LogP) is 6.69. The second-order valence-corrected chi connectivity index (χ2v) is 7.44. The van der Waals surface area contributed by atoms with Gasteiger partial charge in [0.1, 0.15) is 0 Å². The molecule has 2 atom stereocenters. The SMILES string of the molecule is C[C@@H](NCCC(Cl)c1cccc(C(F)(F)F)c1)c1cccc2c1C=CCC2. The molecule has 144 valence electrons. The molecule has 0 saturated heterocycles. The zero-order valence-corrected chi connectivity index (χ0v) is 15.9. The van der Waals surface area contributed by atoms with Crippen molar-refractivity contribution in [3.05, 3.63) is 76.4 Å². The molecule has 3 rings (SSSR count). The average Bonchev–Trinajstić information content (AvgIpc) is 2.66. The first-order valence-electron chi connectivity index (χ1n) is 9.19. The van der Waals surface area contributed by atoms with Gasteiger partial charge in [-0.05, 0) is 61.1 Å². The Hall–Kier alpha value is -1.78. The molecule has 1 aliphatic carbocycles. The molecule has 2 aromatic rings. The highest BCUT2D eigenvalue weighted by atomic mass is 35.5. The Kier molecular flexibility index (Phi) is 6.28. The lowest BCUT2D eigenvalue weighted by Gasteiger charge is -2.21. The fraction of sp³-hybridized carbons (Fsp3) is 0.364. The quantitative estimate of drug-likeness (QED) is 0.539. The molecule has 1 unspecified atom stereocenters. The second-order valence-electron chi connectivity index (χ2n) is 6.92. The van der Waals surface area contributed by atoms with Crippen molar-refractivity contribution in [2.24, 2.45) is 0 Å². The Morgan fingerprint density at radius 2 is 1.93 bits per heavy atom. The number of nitrogens with one attached hydrogen (secondary N) is 1. The van der Waals surface area contributed by atoms with E-state index in [4.69, 9.17) is 11.6 Å². The van der Waals surface area contributed by atoms with Crippen LogP contribution < -0.4 is 5.32 Å². The monoisotopic (exact) mass is 393 g/mol. The Labute approximate surface area is 163 Å². The number of alkyl halides is 4. The van der Waals surface area contributed by atoms with E-state index in [1.165, 1.54) is 22.8 Å². The van der Waals surface area contributed by atoms with E-state index in [0.717, 1.165) is 25.0 Å². The van der Waals surface area contributed by atoms with Crippen LogP contribution in [-0.2, 0) is 12.6 Å². The maximum absolute atomic E-state index is 12.9. The molecule has 5 heteroatoms. The van der Waals surface area contributed by atoms with E-state index in [9.17, 15) is 13.2 Å².